The number of aliphatic hydroxyl groups excluding tert-OH is 1. The molecule has 0 aliphatic carbocycles. The van der Waals surface area contributed by atoms with Crippen molar-refractivity contribution in [2.24, 2.45) is 7.05 Å². The van der Waals surface area contributed by atoms with E-state index >= 15 is 0 Å². The molecule has 1 atom stereocenters. The van der Waals surface area contributed by atoms with Crippen LogP contribution in [0.3, 0.4) is 0 Å². The Labute approximate surface area is 147 Å². The molecule has 3 N–H and O–H groups in total. The standard InChI is InChI=1S/C15H16F3N3O4S/c1-8(7-22)20-26(24,25)12-6-21(2)14(13(12)18)15(23)19-9-3-4-10(16)11(17)5-9/h3-6,8,20,22H,7H2,1-2H3,(H,19,23). The average Bonchev–Trinajstić information content (AvgIpc) is 2.86. The first-order valence-corrected chi connectivity index (χ1v) is 8.79. The summed E-state index contributed by atoms with van der Waals surface area (Å²) in [6, 6.07) is 1.69. The SMILES string of the molecule is CC(CO)NS(=O)(=O)c1cn(C)c(C(=O)Nc2ccc(F)c(F)c2)c1F. The first kappa shape index (κ1) is 19.9. The lowest BCUT2D eigenvalue weighted by Crippen LogP contribution is -2.35. The van der Waals surface area contributed by atoms with Crippen molar-refractivity contribution in [2.75, 3.05) is 11.9 Å². The van der Waals surface area contributed by atoms with E-state index in [4.69, 9.17) is 5.11 Å². The molecule has 1 heterocycles. The maximum atomic E-state index is 14.5. The van der Waals surface area contributed by atoms with Crippen molar-refractivity contribution in [1.82, 2.24) is 9.29 Å². The van der Waals surface area contributed by atoms with E-state index in [1.807, 2.05) is 0 Å². The number of aryl methyl sites for hydroxylation is 1. The topological polar surface area (TPSA) is 100 Å². The van der Waals surface area contributed by atoms with Gasteiger partial charge in [-0.1, -0.05) is 0 Å². The first-order valence-electron chi connectivity index (χ1n) is 7.31. The van der Waals surface area contributed by atoms with Gasteiger partial charge in [0.2, 0.25) is 10.0 Å². The molecule has 0 saturated heterocycles. The fraction of sp³-hybridized carbons (Fsp3) is 0.267. The number of carbonyl (C=O) groups excluding carboxylic acids is 1. The third-order valence-corrected chi connectivity index (χ3v) is 4.98. The molecule has 0 saturated carbocycles. The number of amides is 1. The Kier molecular flexibility index (Phi) is 5.74. The number of benzene rings is 1. The molecule has 26 heavy (non-hydrogen) atoms. The molecule has 0 aliphatic heterocycles. The van der Waals surface area contributed by atoms with Crippen molar-refractivity contribution in [3.05, 3.63) is 47.5 Å². The lowest BCUT2D eigenvalue weighted by Gasteiger charge is -2.10. The predicted octanol–water partition coefficient (Wildman–Crippen LogP) is 1.35. The lowest BCUT2D eigenvalue weighted by molar-refractivity contribution is 0.101. The van der Waals surface area contributed by atoms with E-state index in [0.717, 1.165) is 22.9 Å². The zero-order valence-electron chi connectivity index (χ0n) is 13.8. The molecule has 2 rings (SSSR count). The second kappa shape index (κ2) is 7.48. The summed E-state index contributed by atoms with van der Waals surface area (Å²) in [5.41, 5.74) is -0.752. The van der Waals surface area contributed by atoms with Gasteiger partial charge in [-0.25, -0.2) is 26.3 Å². The highest BCUT2D eigenvalue weighted by atomic mass is 32.2. The van der Waals surface area contributed by atoms with E-state index < -0.39 is 56.6 Å². The number of aromatic nitrogens is 1. The van der Waals surface area contributed by atoms with E-state index in [1.165, 1.54) is 14.0 Å². The molecule has 1 unspecified atom stereocenters. The van der Waals surface area contributed by atoms with Crippen LogP contribution >= 0.6 is 0 Å². The van der Waals surface area contributed by atoms with Crippen LogP contribution in [0.5, 0.6) is 0 Å². The first-order chi connectivity index (χ1) is 12.1. The van der Waals surface area contributed by atoms with Gasteiger partial charge in [0, 0.05) is 31.0 Å². The smallest absolute Gasteiger partial charge is 0.275 e. The highest BCUT2D eigenvalue weighted by Gasteiger charge is 2.29. The number of nitrogens with zero attached hydrogens (tertiary/aromatic N) is 1. The zero-order valence-corrected chi connectivity index (χ0v) is 14.6. The van der Waals surface area contributed by atoms with Gasteiger partial charge in [-0.05, 0) is 19.1 Å². The molecule has 0 spiro atoms. The van der Waals surface area contributed by atoms with E-state index in [0.29, 0.717) is 6.07 Å². The Morgan fingerprint density at radius 2 is 1.92 bits per heavy atom. The second-order valence-corrected chi connectivity index (χ2v) is 7.24. The molecule has 2 aromatic rings. The summed E-state index contributed by atoms with van der Waals surface area (Å²) in [4.78, 5) is 11.4. The van der Waals surface area contributed by atoms with Gasteiger partial charge in [0.15, 0.2) is 17.5 Å². The summed E-state index contributed by atoms with van der Waals surface area (Å²) in [6.45, 7) is 0.867. The number of aliphatic hydroxyl groups is 1. The largest absolute Gasteiger partial charge is 0.395 e. The van der Waals surface area contributed by atoms with Crippen LogP contribution in [0, 0.1) is 17.5 Å². The van der Waals surface area contributed by atoms with Crippen LogP contribution in [0.2, 0.25) is 0 Å². The van der Waals surface area contributed by atoms with Gasteiger partial charge in [0.25, 0.3) is 5.91 Å². The van der Waals surface area contributed by atoms with Crippen LogP contribution in [0.4, 0.5) is 18.9 Å². The van der Waals surface area contributed by atoms with Gasteiger partial charge in [0.05, 0.1) is 6.61 Å². The third-order valence-electron chi connectivity index (χ3n) is 3.40. The van der Waals surface area contributed by atoms with Crippen LogP contribution in [-0.2, 0) is 17.1 Å². The fourth-order valence-electron chi connectivity index (χ4n) is 2.15. The van der Waals surface area contributed by atoms with Gasteiger partial charge in [-0.2, -0.15) is 0 Å². The van der Waals surface area contributed by atoms with Crippen LogP contribution in [0.15, 0.2) is 29.3 Å². The van der Waals surface area contributed by atoms with Gasteiger partial charge >= 0.3 is 0 Å². The number of hydrogen-bond donors (Lipinski definition) is 3. The minimum atomic E-state index is -4.32. The van der Waals surface area contributed by atoms with Crippen molar-refractivity contribution in [3.8, 4) is 0 Å². The van der Waals surface area contributed by atoms with Crippen LogP contribution < -0.4 is 10.0 Å². The van der Waals surface area contributed by atoms with E-state index in [1.54, 1.807) is 0 Å². The highest BCUT2D eigenvalue weighted by Crippen LogP contribution is 2.22. The molecule has 1 aromatic carbocycles. The molecular weight excluding hydrogens is 375 g/mol. The normalized spacial score (nSPS) is 12.8. The van der Waals surface area contributed by atoms with E-state index in [-0.39, 0.29) is 5.69 Å². The Morgan fingerprint density at radius 3 is 2.50 bits per heavy atom. The number of sulfonamides is 1. The monoisotopic (exact) mass is 391 g/mol. The number of rotatable bonds is 6. The summed E-state index contributed by atoms with van der Waals surface area (Å²) < 4.78 is 68.0. The summed E-state index contributed by atoms with van der Waals surface area (Å²) in [5.74, 6) is -4.69. The highest BCUT2D eigenvalue weighted by molar-refractivity contribution is 7.89. The summed E-state index contributed by atoms with van der Waals surface area (Å²) in [6.07, 6.45) is 0.891. The van der Waals surface area contributed by atoms with Crippen LogP contribution in [0.1, 0.15) is 17.4 Å². The van der Waals surface area contributed by atoms with Gasteiger partial charge < -0.3 is 15.0 Å². The molecule has 0 aliphatic rings. The molecule has 0 fully saturated rings. The Balaban J connectivity index is 2.34. The number of carbonyl (C=O) groups is 1. The average molecular weight is 391 g/mol. The number of hydrogen-bond acceptors (Lipinski definition) is 4. The Bertz CT molecular complexity index is 944. The Morgan fingerprint density at radius 1 is 1.27 bits per heavy atom. The predicted molar refractivity (Wildman–Crippen MR) is 86.6 cm³/mol. The Hall–Kier alpha value is -2.37. The quantitative estimate of drug-likeness (QED) is 0.692. The van der Waals surface area contributed by atoms with E-state index in [9.17, 15) is 26.4 Å². The molecular formula is C15H16F3N3O4S. The third kappa shape index (κ3) is 4.06. The minimum Gasteiger partial charge on any atom is -0.395 e. The van der Waals surface area contributed by atoms with Crippen LogP contribution in [-0.4, -0.2) is 36.6 Å². The van der Waals surface area contributed by atoms with Crippen LogP contribution in [0.25, 0.3) is 0 Å². The zero-order chi connectivity index (χ0) is 19.6. The summed E-state index contributed by atoms with van der Waals surface area (Å²) in [5, 5.41) is 11.1. The van der Waals surface area contributed by atoms with Crippen molar-refractivity contribution < 1.29 is 31.5 Å². The van der Waals surface area contributed by atoms with Gasteiger partial charge in [-0.3, -0.25) is 4.79 Å². The van der Waals surface area contributed by atoms with Crippen molar-refractivity contribution in [1.29, 1.82) is 0 Å². The lowest BCUT2D eigenvalue weighted by atomic mass is 10.3. The maximum Gasteiger partial charge on any atom is 0.275 e. The van der Waals surface area contributed by atoms with E-state index in [2.05, 4.69) is 10.0 Å². The molecule has 1 aromatic heterocycles. The van der Waals surface area contributed by atoms with Crippen molar-refractivity contribution >= 4 is 21.6 Å². The fourth-order valence-corrected chi connectivity index (χ4v) is 3.51. The second-order valence-electron chi connectivity index (χ2n) is 5.55. The minimum absolute atomic E-state index is 0.133. The number of anilines is 1. The van der Waals surface area contributed by atoms with Crippen molar-refractivity contribution in [3.63, 3.8) is 0 Å². The van der Waals surface area contributed by atoms with Gasteiger partial charge in [-0.15, -0.1) is 0 Å². The molecule has 7 nitrogen and oxygen atoms in total. The molecule has 142 valence electrons. The molecule has 11 heteroatoms. The maximum absolute atomic E-state index is 14.5. The van der Waals surface area contributed by atoms with Gasteiger partial charge in [0.1, 0.15) is 10.6 Å². The summed E-state index contributed by atoms with van der Waals surface area (Å²) in [7, 11) is -3.07. The molecule has 0 radical (unpaired) electrons. The number of nitrogens with one attached hydrogen (secondary N) is 2. The number of halogens is 3. The summed E-state index contributed by atoms with van der Waals surface area (Å²) >= 11 is 0. The molecule has 1 amide bonds. The molecule has 0 bridgehead atoms. The van der Waals surface area contributed by atoms with Crippen molar-refractivity contribution in [2.45, 2.75) is 17.9 Å².